The van der Waals surface area contributed by atoms with Crippen molar-refractivity contribution in [3.63, 3.8) is 0 Å². The number of nitrogens with zero attached hydrogens (tertiary/aromatic N) is 2. The van der Waals surface area contributed by atoms with Gasteiger partial charge in [-0.2, -0.15) is 5.10 Å². The summed E-state index contributed by atoms with van der Waals surface area (Å²) in [6, 6.07) is 0.260. The van der Waals surface area contributed by atoms with Gasteiger partial charge < -0.3 is 5.73 Å². The molecule has 1 unspecified atom stereocenters. The maximum atomic E-state index is 6.19. The highest BCUT2D eigenvalue weighted by Gasteiger charge is 2.20. The van der Waals surface area contributed by atoms with Gasteiger partial charge in [-0.3, -0.25) is 4.68 Å². The topological polar surface area (TPSA) is 43.8 Å². The third-order valence-electron chi connectivity index (χ3n) is 3.49. The van der Waals surface area contributed by atoms with E-state index in [0.717, 1.165) is 36.0 Å². The van der Waals surface area contributed by atoms with Crippen LogP contribution in [0.25, 0.3) is 0 Å². The Balaban J connectivity index is 2.59. The molecule has 0 saturated carbocycles. The fourth-order valence-electron chi connectivity index (χ4n) is 2.03. The highest BCUT2D eigenvalue weighted by molar-refractivity contribution is 9.10. The van der Waals surface area contributed by atoms with E-state index in [4.69, 9.17) is 5.73 Å². The molecule has 1 rings (SSSR count). The molecule has 0 amide bonds. The largest absolute Gasteiger partial charge is 0.327 e. The van der Waals surface area contributed by atoms with Gasteiger partial charge in [-0.1, -0.05) is 20.8 Å². The zero-order valence-corrected chi connectivity index (χ0v) is 13.8. The third kappa shape index (κ3) is 3.82. The molecule has 0 spiro atoms. The predicted molar refractivity (Wildman–Crippen MR) is 80.7 cm³/mol. The van der Waals surface area contributed by atoms with Crippen molar-refractivity contribution in [3.8, 4) is 0 Å². The second-order valence-corrected chi connectivity index (χ2v) is 6.82. The number of aryl methyl sites for hydroxylation is 2. The summed E-state index contributed by atoms with van der Waals surface area (Å²) in [6.07, 6.45) is 3.21. The van der Waals surface area contributed by atoms with Crippen LogP contribution in [-0.4, -0.2) is 15.8 Å². The summed E-state index contributed by atoms with van der Waals surface area (Å²) in [4.78, 5) is 0. The maximum Gasteiger partial charge on any atom is 0.0738 e. The lowest BCUT2D eigenvalue weighted by Crippen LogP contribution is -2.34. The van der Waals surface area contributed by atoms with Crippen LogP contribution in [0.1, 0.15) is 51.9 Å². The second kappa shape index (κ2) is 6.20. The van der Waals surface area contributed by atoms with E-state index in [1.807, 2.05) is 6.92 Å². The smallest absolute Gasteiger partial charge is 0.0738 e. The molecule has 0 saturated heterocycles. The van der Waals surface area contributed by atoms with E-state index in [2.05, 4.69) is 53.4 Å². The molecule has 1 atom stereocenters. The summed E-state index contributed by atoms with van der Waals surface area (Å²) < 4.78 is 3.25. The molecule has 0 fully saturated rings. The van der Waals surface area contributed by atoms with Crippen LogP contribution in [0.15, 0.2) is 4.47 Å². The molecule has 0 radical (unpaired) electrons. The number of rotatable bonds is 5. The van der Waals surface area contributed by atoms with Gasteiger partial charge in [0.25, 0.3) is 0 Å². The van der Waals surface area contributed by atoms with E-state index in [1.165, 1.54) is 5.69 Å². The van der Waals surface area contributed by atoms with E-state index in [-0.39, 0.29) is 11.5 Å². The Bertz CT molecular complexity index is 390. The number of aromatic nitrogens is 2. The fourth-order valence-corrected chi connectivity index (χ4v) is 2.51. The van der Waals surface area contributed by atoms with Crippen molar-refractivity contribution in [2.45, 2.75) is 66.5 Å². The summed E-state index contributed by atoms with van der Waals surface area (Å²) >= 11 is 3.63. The van der Waals surface area contributed by atoms with Crippen LogP contribution in [0.3, 0.4) is 0 Å². The monoisotopic (exact) mass is 315 g/mol. The van der Waals surface area contributed by atoms with Crippen molar-refractivity contribution in [1.29, 1.82) is 0 Å². The minimum Gasteiger partial charge on any atom is -0.327 e. The Morgan fingerprint density at radius 3 is 2.50 bits per heavy atom. The first-order valence-corrected chi connectivity index (χ1v) is 7.54. The van der Waals surface area contributed by atoms with Crippen LogP contribution < -0.4 is 5.73 Å². The van der Waals surface area contributed by atoms with Gasteiger partial charge in [-0.15, -0.1) is 0 Å². The molecule has 2 N–H and O–H groups in total. The van der Waals surface area contributed by atoms with Crippen molar-refractivity contribution in [3.05, 3.63) is 15.9 Å². The lowest BCUT2D eigenvalue weighted by atomic mass is 9.84. The molecule has 3 nitrogen and oxygen atoms in total. The molecule has 4 heteroatoms. The van der Waals surface area contributed by atoms with Gasteiger partial charge in [0.15, 0.2) is 0 Å². The van der Waals surface area contributed by atoms with E-state index in [0.29, 0.717) is 0 Å². The molecular formula is C14H26BrN3. The normalized spacial score (nSPS) is 13.9. The van der Waals surface area contributed by atoms with Crippen molar-refractivity contribution in [2.24, 2.45) is 11.1 Å². The standard InChI is InChI=1S/C14H26BrN3/c1-6-18-11(13(15)10(2)17-18)8-7-9-12(16)14(3,4)5/h12H,6-9,16H2,1-5H3. The summed E-state index contributed by atoms with van der Waals surface area (Å²) in [7, 11) is 0. The number of hydrogen-bond acceptors (Lipinski definition) is 2. The van der Waals surface area contributed by atoms with Gasteiger partial charge in [0.2, 0.25) is 0 Å². The molecule has 1 aromatic heterocycles. The van der Waals surface area contributed by atoms with Gasteiger partial charge in [0.05, 0.1) is 15.9 Å². The first-order valence-electron chi connectivity index (χ1n) is 6.74. The Morgan fingerprint density at radius 2 is 2.00 bits per heavy atom. The van der Waals surface area contributed by atoms with Crippen molar-refractivity contribution >= 4 is 15.9 Å². The molecule has 18 heavy (non-hydrogen) atoms. The van der Waals surface area contributed by atoms with Gasteiger partial charge in [-0.05, 0) is 54.5 Å². The molecule has 1 aromatic rings. The quantitative estimate of drug-likeness (QED) is 0.901. The third-order valence-corrected chi connectivity index (χ3v) is 4.53. The minimum atomic E-state index is 0.193. The Labute approximate surface area is 119 Å². The van der Waals surface area contributed by atoms with Crippen molar-refractivity contribution in [2.75, 3.05) is 0 Å². The highest BCUT2D eigenvalue weighted by atomic mass is 79.9. The van der Waals surface area contributed by atoms with Gasteiger partial charge in [0, 0.05) is 12.6 Å². The molecule has 0 aliphatic carbocycles. The first-order chi connectivity index (χ1) is 8.27. The summed E-state index contributed by atoms with van der Waals surface area (Å²) in [5.41, 5.74) is 8.77. The van der Waals surface area contributed by atoms with Crippen LogP contribution in [0.5, 0.6) is 0 Å². The van der Waals surface area contributed by atoms with Crippen molar-refractivity contribution in [1.82, 2.24) is 9.78 Å². The van der Waals surface area contributed by atoms with Gasteiger partial charge in [0.1, 0.15) is 0 Å². The molecule has 0 aliphatic heterocycles. The number of hydrogen-bond donors (Lipinski definition) is 1. The van der Waals surface area contributed by atoms with Crippen LogP contribution in [0.4, 0.5) is 0 Å². The molecule has 0 aliphatic rings. The van der Waals surface area contributed by atoms with E-state index in [9.17, 15) is 0 Å². The minimum absolute atomic E-state index is 0.193. The zero-order chi connectivity index (χ0) is 13.9. The van der Waals surface area contributed by atoms with Crippen LogP contribution in [0, 0.1) is 12.3 Å². The lowest BCUT2D eigenvalue weighted by Gasteiger charge is -2.27. The summed E-state index contributed by atoms with van der Waals surface area (Å²) in [5.74, 6) is 0. The Morgan fingerprint density at radius 1 is 1.39 bits per heavy atom. The van der Waals surface area contributed by atoms with E-state index < -0.39 is 0 Å². The average Bonchev–Trinajstić information content (AvgIpc) is 2.55. The van der Waals surface area contributed by atoms with Gasteiger partial charge in [-0.25, -0.2) is 0 Å². The van der Waals surface area contributed by atoms with Crippen LogP contribution >= 0.6 is 15.9 Å². The van der Waals surface area contributed by atoms with Crippen LogP contribution in [-0.2, 0) is 13.0 Å². The van der Waals surface area contributed by atoms with Crippen LogP contribution in [0.2, 0.25) is 0 Å². The lowest BCUT2D eigenvalue weighted by molar-refractivity contribution is 0.300. The average molecular weight is 316 g/mol. The van der Waals surface area contributed by atoms with Gasteiger partial charge >= 0.3 is 0 Å². The second-order valence-electron chi connectivity index (χ2n) is 6.03. The molecule has 0 aromatic carbocycles. The van der Waals surface area contributed by atoms with Crippen molar-refractivity contribution < 1.29 is 0 Å². The molecule has 0 bridgehead atoms. The molecule has 1 heterocycles. The maximum absolute atomic E-state index is 6.19. The van der Waals surface area contributed by atoms with E-state index >= 15 is 0 Å². The summed E-state index contributed by atoms with van der Waals surface area (Å²) in [6.45, 7) is 11.7. The number of nitrogens with two attached hydrogens (primary N) is 1. The predicted octanol–water partition coefficient (Wildman–Crippen LogP) is 3.67. The molecule has 104 valence electrons. The molecular weight excluding hydrogens is 290 g/mol. The highest BCUT2D eigenvalue weighted by Crippen LogP contribution is 2.25. The Hall–Kier alpha value is -0.350. The number of halogens is 1. The first kappa shape index (κ1) is 15.7. The van der Waals surface area contributed by atoms with E-state index in [1.54, 1.807) is 0 Å². The Kier molecular flexibility index (Phi) is 5.41. The zero-order valence-electron chi connectivity index (χ0n) is 12.3. The SMILES string of the molecule is CCn1nc(C)c(Br)c1CCCC(N)C(C)(C)C. The fraction of sp³-hybridized carbons (Fsp3) is 0.786. The summed E-state index contributed by atoms with van der Waals surface area (Å²) in [5, 5.41) is 4.51.